The summed E-state index contributed by atoms with van der Waals surface area (Å²) in [4.78, 5) is 16.6. The molecule has 1 heterocycles. The molecule has 0 radical (unpaired) electrons. The van der Waals surface area contributed by atoms with E-state index in [9.17, 15) is 4.79 Å². The Labute approximate surface area is 105 Å². The molecule has 3 rings (SSSR count). The molecule has 1 aliphatic carbocycles. The van der Waals surface area contributed by atoms with Crippen LogP contribution < -0.4 is 4.74 Å². The summed E-state index contributed by atoms with van der Waals surface area (Å²) in [7, 11) is 1.89. The first-order valence-corrected chi connectivity index (χ1v) is 6.03. The molecule has 1 aromatic heterocycles. The van der Waals surface area contributed by atoms with Gasteiger partial charge in [0.05, 0.1) is 24.4 Å². The van der Waals surface area contributed by atoms with Crippen LogP contribution in [0.5, 0.6) is 6.01 Å². The number of carbonyl (C=O) groups excluding carboxylic acids is 1. The van der Waals surface area contributed by atoms with E-state index in [2.05, 4.69) is 4.98 Å². The molecule has 2 aromatic rings. The second-order valence-corrected chi connectivity index (χ2v) is 4.33. The summed E-state index contributed by atoms with van der Waals surface area (Å²) in [6.45, 7) is 2.49. The number of carbonyl (C=O) groups is 1. The van der Waals surface area contributed by atoms with Crippen LogP contribution in [0.2, 0.25) is 0 Å². The predicted molar refractivity (Wildman–Crippen MR) is 67.8 cm³/mol. The highest BCUT2D eigenvalue weighted by Crippen LogP contribution is 2.34. The van der Waals surface area contributed by atoms with Gasteiger partial charge in [0, 0.05) is 18.2 Å². The molecule has 0 saturated carbocycles. The lowest BCUT2D eigenvalue weighted by Crippen LogP contribution is -2.14. The number of imidazole rings is 1. The van der Waals surface area contributed by atoms with Gasteiger partial charge in [-0.3, -0.25) is 4.79 Å². The average Bonchev–Trinajstić information content (AvgIpc) is 2.69. The zero-order chi connectivity index (χ0) is 12.7. The fourth-order valence-electron chi connectivity index (χ4n) is 2.37. The monoisotopic (exact) mass is 242 g/mol. The van der Waals surface area contributed by atoms with Crippen LogP contribution in [0.3, 0.4) is 0 Å². The Hall–Kier alpha value is -2.10. The first-order chi connectivity index (χ1) is 8.72. The van der Waals surface area contributed by atoms with Crippen LogP contribution in [0.15, 0.2) is 24.3 Å². The largest absolute Gasteiger partial charge is 0.465 e. The molecular weight excluding hydrogens is 228 g/mol. The van der Waals surface area contributed by atoms with Gasteiger partial charge in [0.25, 0.3) is 6.01 Å². The summed E-state index contributed by atoms with van der Waals surface area (Å²) in [5.74, 6) is 0.143. The van der Waals surface area contributed by atoms with Crippen molar-refractivity contribution in [1.29, 1.82) is 0 Å². The fraction of sp³-hybridized carbons (Fsp3) is 0.286. The van der Waals surface area contributed by atoms with Gasteiger partial charge in [-0.1, -0.05) is 24.3 Å². The average molecular weight is 242 g/mol. The molecule has 4 heteroatoms. The zero-order valence-electron chi connectivity index (χ0n) is 10.4. The van der Waals surface area contributed by atoms with E-state index < -0.39 is 0 Å². The van der Waals surface area contributed by atoms with E-state index >= 15 is 0 Å². The topological polar surface area (TPSA) is 44.1 Å². The lowest BCUT2D eigenvalue weighted by Gasteiger charge is -2.14. The number of hydrogen-bond acceptors (Lipinski definition) is 3. The van der Waals surface area contributed by atoms with Crippen molar-refractivity contribution < 1.29 is 9.53 Å². The van der Waals surface area contributed by atoms with E-state index in [0.717, 1.165) is 22.5 Å². The highest BCUT2D eigenvalue weighted by Gasteiger charge is 2.27. The fourth-order valence-corrected chi connectivity index (χ4v) is 2.37. The van der Waals surface area contributed by atoms with Crippen LogP contribution >= 0.6 is 0 Å². The molecule has 0 amide bonds. The highest BCUT2D eigenvalue weighted by molar-refractivity contribution is 6.06. The molecule has 92 valence electrons. The normalized spacial score (nSPS) is 13.1. The smallest absolute Gasteiger partial charge is 0.296 e. The van der Waals surface area contributed by atoms with Gasteiger partial charge >= 0.3 is 0 Å². The maximum atomic E-state index is 12.1. The van der Waals surface area contributed by atoms with Crippen LogP contribution in [0.4, 0.5) is 0 Å². The van der Waals surface area contributed by atoms with Gasteiger partial charge in [0.15, 0.2) is 5.78 Å². The van der Waals surface area contributed by atoms with Crippen molar-refractivity contribution in [2.24, 2.45) is 7.05 Å². The number of fused-ring (bicyclic) bond motifs is 3. The maximum Gasteiger partial charge on any atom is 0.296 e. The number of hydrogen-bond donors (Lipinski definition) is 0. The van der Waals surface area contributed by atoms with Crippen LogP contribution in [-0.4, -0.2) is 21.9 Å². The Kier molecular flexibility index (Phi) is 2.44. The van der Waals surface area contributed by atoms with E-state index in [-0.39, 0.29) is 5.78 Å². The van der Waals surface area contributed by atoms with Gasteiger partial charge in [-0.2, -0.15) is 4.98 Å². The molecule has 0 unspecified atom stereocenters. The number of rotatable bonds is 2. The Morgan fingerprint density at radius 3 is 2.78 bits per heavy atom. The molecule has 0 saturated heterocycles. The lowest BCUT2D eigenvalue weighted by molar-refractivity contribution is 0.0990. The van der Waals surface area contributed by atoms with Crippen LogP contribution in [-0.2, 0) is 13.5 Å². The maximum absolute atomic E-state index is 12.1. The molecule has 1 aromatic carbocycles. The summed E-state index contributed by atoms with van der Waals surface area (Å²) in [6, 6.07) is 8.18. The Balaban J connectivity index is 2.22. The Bertz CT molecular complexity index is 629. The van der Waals surface area contributed by atoms with Gasteiger partial charge in [-0.05, 0) is 6.92 Å². The number of Topliss-reactive ketones (excluding diaryl/α,β-unsaturated/α-hetero) is 1. The van der Waals surface area contributed by atoms with Crippen molar-refractivity contribution in [2.45, 2.75) is 13.3 Å². The van der Waals surface area contributed by atoms with E-state index in [1.165, 1.54) is 0 Å². The third-order valence-corrected chi connectivity index (χ3v) is 3.26. The standard InChI is InChI=1S/C14H14N2O2/c1-3-18-14-15-13-10-7-5-4-6-9(10)12(17)8-11(13)16(14)2/h4-7H,3,8H2,1-2H3. The van der Waals surface area contributed by atoms with Crippen LogP contribution in [0, 0.1) is 0 Å². The zero-order valence-corrected chi connectivity index (χ0v) is 10.4. The first kappa shape index (κ1) is 11.0. The molecule has 4 nitrogen and oxygen atoms in total. The SMILES string of the molecule is CCOc1nc2c(n1C)CC(=O)c1ccccc1-2. The van der Waals surface area contributed by atoms with Crippen molar-refractivity contribution in [3.8, 4) is 17.3 Å². The van der Waals surface area contributed by atoms with E-state index in [4.69, 9.17) is 4.74 Å². The van der Waals surface area contributed by atoms with Crippen LogP contribution in [0.1, 0.15) is 23.0 Å². The van der Waals surface area contributed by atoms with Crippen molar-refractivity contribution >= 4 is 5.78 Å². The van der Waals surface area contributed by atoms with Gasteiger partial charge in [0.1, 0.15) is 0 Å². The molecular formula is C14H14N2O2. The highest BCUT2D eigenvalue weighted by atomic mass is 16.5. The van der Waals surface area contributed by atoms with Crippen molar-refractivity contribution in [3.05, 3.63) is 35.5 Å². The molecule has 0 fully saturated rings. The minimum Gasteiger partial charge on any atom is -0.465 e. The summed E-state index contributed by atoms with van der Waals surface area (Å²) < 4.78 is 7.35. The molecule has 0 bridgehead atoms. The lowest BCUT2D eigenvalue weighted by atomic mass is 9.91. The molecule has 1 aliphatic rings. The van der Waals surface area contributed by atoms with Crippen molar-refractivity contribution in [2.75, 3.05) is 6.61 Å². The predicted octanol–water partition coefficient (Wildman–Crippen LogP) is 2.22. The first-order valence-electron chi connectivity index (χ1n) is 6.03. The third-order valence-electron chi connectivity index (χ3n) is 3.26. The number of ketones is 1. The van der Waals surface area contributed by atoms with Crippen molar-refractivity contribution in [3.63, 3.8) is 0 Å². The minimum atomic E-state index is 0.143. The number of ether oxygens (including phenoxy) is 1. The molecule has 0 spiro atoms. The van der Waals surface area contributed by atoms with E-state index in [0.29, 0.717) is 19.0 Å². The number of nitrogens with zero attached hydrogens (tertiary/aromatic N) is 2. The molecule has 0 N–H and O–H groups in total. The van der Waals surface area contributed by atoms with Crippen LogP contribution in [0.25, 0.3) is 11.3 Å². The van der Waals surface area contributed by atoms with Gasteiger partial charge in [0.2, 0.25) is 0 Å². The van der Waals surface area contributed by atoms with Gasteiger partial charge < -0.3 is 9.30 Å². The summed E-state index contributed by atoms with van der Waals surface area (Å²) in [6.07, 6.45) is 0.392. The Morgan fingerprint density at radius 2 is 2.06 bits per heavy atom. The quantitative estimate of drug-likeness (QED) is 0.811. The number of benzene rings is 1. The van der Waals surface area contributed by atoms with E-state index in [1.54, 1.807) is 0 Å². The van der Waals surface area contributed by atoms with E-state index in [1.807, 2.05) is 42.8 Å². The number of aromatic nitrogens is 2. The second-order valence-electron chi connectivity index (χ2n) is 4.33. The Morgan fingerprint density at radius 1 is 1.33 bits per heavy atom. The summed E-state index contributed by atoms with van der Waals surface area (Å²) >= 11 is 0. The third kappa shape index (κ3) is 1.45. The molecule has 0 atom stereocenters. The summed E-state index contributed by atoms with van der Waals surface area (Å²) in [5, 5.41) is 0. The van der Waals surface area contributed by atoms with Gasteiger partial charge in [-0.25, -0.2) is 0 Å². The van der Waals surface area contributed by atoms with Crippen molar-refractivity contribution in [1.82, 2.24) is 9.55 Å². The minimum absolute atomic E-state index is 0.143. The van der Waals surface area contributed by atoms with Gasteiger partial charge in [-0.15, -0.1) is 0 Å². The second kappa shape index (κ2) is 3.98. The molecule has 0 aliphatic heterocycles. The molecule has 18 heavy (non-hydrogen) atoms. The summed E-state index contributed by atoms with van der Waals surface area (Å²) in [5.41, 5.74) is 3.47.